The lowest BCUT2D eigenvalue weighted by Crippen LogP contribution is -2.22. The van der Waals surface area contributed by atoms with Crippen molar-refractivity contribution in [2.75, 3.05) is 0 Å². The summed E-state index contributed by atoms with van der Waals surface area (Å²) in [6.45, 7) is 5.97. The van der Waals surface area contributed by atoms with E-state index in [0.717, 1.165) is 6.42 Å². The molecule has 2 nitrogen and oxygen atoms in total. The lowest BCUT2D eigenvalue weighted by Gasteiger charge is -2.23. The second kappa shape index (κ2) is 6.31. The molecule has 16 heavy (non-hydrogen) atoms. The minimum atomic E-state index is -0.116. The quantitative estimate of drug-likeness (QED) is 0.710. The number of rotatable bonds is 5. The van der Waals surface area contributed by atoms with Gasteiger partial charge in [0.25, 0.3) is 0 Å². The number of carbonyl (C=O) groups is 1. The van der Waals surface area contributed by atoms with Crippen LogP contribution in [0.3, 0.4) is 0 Å². The van der Waals surface area contributed by atoms with Crippen LogP contribution in [0, 0.1) is 0 Å². The van der Waals surface area contributed by atoms with Gasteiger partial charge in [-0.05, 0) is 12.0 Å². The number of ether oxygens (including phenoxy) is 1. The van der Waals surface area contributed by atoms with Gasteiger partial charge in [-0.3, -0.25) is 4.79 Å². The van der Waals surface area contributed by atoms with Crippen LogP contribution in [0.25, 0.3) is 0 Å². The Labute approximate surface area is 97.6 Å². The molecular formula is C14H20O2. The minimum absolute atomic E-state index is 0.0187. The molecule has 0 fully saturated rings. The summed E-state index contributed by atoms with van der Waals surface area (Å²) >= 11 is 0. The van der Waals surface area contributed by atoms with Gasteiger partial charge in [0.15, 0.2) is 0 Å². The van der Waals surface area contributed by atoms with Crippen LogP contribution < -0.4 is 0 Å². The molecule has 2 atom stereocenters. The molecule has 88 valence electrons. The van der Waals surface area contributed by atoms with E-state index in [0.29, 0.717) is 6.42 Å². The van der Waals surface area contributed by atoms with Crippen molar-refractivity contribution in [1.82, 2.24) is 0 Å². The molecule has 1 rings (SSSR count). The first kappa shape index (κ1) is 12.8. The molecule has 0 saturated heterocycles. The molecule has 0 spiro atoms. The van der Waals surface area contributed by atoms with Crippen molar-refractivity contribution in [1.29, 1.82) is 0 Å². The van der Waals surface area contributed by atoms with E-state index >= 15 is 0 Å². The first-order valence-corrected chi connectivity index (χ1v) is 5.93. The van der Waals surface area contributed by atoms with E-state index in [4.69, 9.17) is 4.74 Å². The van der Waals surface area contributed by atoms with E-state index in [9.17, 15) is 4.79 Å². The smallest absolute Gasteiger partial charge is 0.305 e. The van der Waals surface area contributed by atoms with Gasteiger partial charge in [0.05, 0.1) is 0 Å². The number of hydrogen-bond acceptors (Lipinski definition) is 2. The molecule has 0 saturated carbocycles. The Morgan fingerprint density at radius 3 is 2.38 bits per heavy atom. The maximum Gasteiger partial charge on any atom is 0.305 e. The Bertz CT molecular complexity index is 319. The summed E-state index contributed by atoms with van der Waals surface area (Å²) < 4.78 is 5.43. The van der Waals surface area contributed by atoms with Gasteiger partial charge in [-0.15, -0.1) is 0 Å². The minimum Gasteiger partial charge on any atom is -0.462 e. The van der Waals surface area contributed by atoms with Crippen LogP contribution in [0.1, 0.15) is 45.1 Å². The van der Waals surface area contributed by atoms with E-state index in [1.807, 2.05) is 32.0 Å². The molecule has 0 aliphatic rings. The second-order valence-corrected chi connectivity index (χ2v) is 3.99. The third-order valence-corrected chi connectivity index (χ3v) is 2.86. The Morgan fingerprint density at radius 2 is 1.88 bits per heavy atom. The highest BCUT2D eigenvalue weighted by molar-refractivity contribution is 5.69. The van der Waals surface area contributed by atoms with Crippen LogP contribution >= 0.6 is 0 Å². The zero-order valence-corrected chi connectivity index (χ0v) is 10.3. The first-order chi connectivity index (χ1) is 7.69. The Morgan fingerprint density at radius 1 is 1.25 bits per heavy atom. The number of benzene rings is 1. The fourth-order valence-corrected chi connectivity index (χ4v) is 1.76. The monoisotopic (exact) mass is 220 g/mol. The van der Waals surface area contributed by atoms with Crippen molar-refractivity contribution in [3.63, 3.8) is 0 Å². The molecule has 0 aliphatic carbocycles. The van der Waals surface area contributed by atoms with Crippen molar-refractivity contribution >= 4 is 5.97 Å². The van der Waals surface area contributed by atoms with Gasteiger partial charge in [0.1, 0.15) is 6.10 Å². The van der Waals surface area contributed by atoms with Gasteiger partial charge < -0.3 is 4.74 Å². The highest BCUT2D eigenvalue weighted by Gasteiger charge is 2.20. The molecule has 0 unspecified atom stereocenters. The molecule has 0 aromatic heterocycles. The average Bonchev–Trinajstić information content (AvgIpc) is 2.35. The molecule has 0 bridgehead atoms. The van der Waals surface area contributed by atoms with Gasteiger partial charge >= 0.3 is 5.97 Å². The Kier molecular flexibility index (Phi) is 5.03. The molecule has 0 radical (unpaired) electrons. The number of esters is 1. The maximum atomic E-state index is 11.3. The highest BCUT2D eigenvalue weighted by atomic mass is 16.5. The summed E-state index contributed by atoms with van der Waals surface area (Å²) in [6, 6.07) is 10.2. The van der Waals surface area contributed by atoms with E-state index in [2.05, 4.69) is 19.1 Å². The van der Waals surface area contributed by atoms with Crippen molar-refractivity contribution in [3.05, 3.63) is 35.9 Å². The second-order valence-electron chi connectivity index (χ2n) is 3.99. The van der Waals surface area contributed by atoms with Crippen LogP contribution in [-0.4, -0.2) is 12.1 Å². The van der Waals surface area contributed by atoms with E-state index in [-0.39, 0.29) is 18.0 Å². The van der Waals surface area contributed by atoms with Gasteiger partial charge in [-0.25, -0.2) is 0 Å². The molecule has 1 aromatic rings. The zero-order valence-electron chi connectivity index (χ0n) is 10.3. The predicted octanol–water partition coefficient (Wildman–Crippen LogP) is 3.52. The lowest BCUT2D eigenvalue weighted by molar-refractivity contribution is -0.149. The van der Waals surface area contributed by atoms with E-state index < -0.39 is 0 Å². The summed E-state index contributed by atoms with van der Waals surface area (Å²) in [5.41, 5.74) is 1.22. The highest BCUT2D eigenvalue weighted by Crippen LogP contribution is 2.23. The summed E-state index contributed by atoms with van der Waals surface area (Å²) in [5, 5.41) is 0. The SMILES string of the molecule is CCC(=O)O[C@@H](CC)[C@H](C)c1ccccc1. The number of hydrogen-bond donors (Lipinski definition) is 0. The zero-order chi connectivity index (χ0) is 12.0. The summed E-state index contributed by atoms with van der Waals surface area (Å²) in [7, 11) is 0. The topological polar surface area (TPSA) is 26.3 Å². The molecule has 0 aliphatic heterocycles. The Balaban J connectivity index is 2.70. The van der Waals surface area contributed by atoms with Crippen molar-refractivity contribution in [2.45, 2.75) is 45.6 Å². The van der Waals surface area contributed by atoms with Crippen LogP contribution in [0.5, 0.6) is 0 Å². The van der Waals surface area contributed by atoms with Crippen molar-refractivity contribution in [2.24, 2.45) is 0 Å². The molecule has 0 N–H and O–H groups in total. The molecule has 1 aromatic carbocycles. The Hall–Kier alpha value is -1.31. The van der Waals surface area contributed by atoms with Crippen molar-refractivity contribution < 1.29 is 9.53 Å². The maximum absolute atomic E-state index is 11.3. The van der Waals surface area contributed by atoms with Crippen LogP contribution in [0.2, 0.25) is 0 Å². The average molecular weight is 220 g/mol. The van der Waals surface area contributed by atoms with Gasteiger partial charge in [-0.1, -0.05) is 51.1 Å². The van der Waals surface area contributed by atoms with E-state index in [1.54, 1.807) is 0 Å². The fraction of sp³-hybridized carbons (Fsp3) is 0.500. The van der Waals surface area contributed by atoms with Crippen LogP contribution in [-0.2, 0) is 9.53 Å². The number of carbonyl (C=O) groups excluding carboxylic acids is 1. The van der Waals surface area contributed by atoms with Crippen LogP contribution in [0.15, 0.2) is 30.3 Å². The van der Waals surface area contributed by atoms with Gasteiger partial charge in [0.2, 0.25) is 0 Å². The molecule has 0 amide bonds. The molecule has 0 heterocycles. The largest absolute Gasteiger partial charge is 0.462 e. The normalized spacial score (nSPS) is 14.2. The summed E-state index contributed by atoms with van der Waals surface area (Å²) in [6.07, 6.45) is 1.27. The molecular weight excluding hydrogens is 200 g/mol. The van der Waals surface area contributed by atoms with Gasteiger partial charge in [0, 0.05) is 12.3 Å². The third kappa shape index (κ3) is 3.37. The molecule has 2 heteroatoms. The standard InChI is InChI=1S/C14H20O2/c1-4-13(16-14(15)5-2)11(3)12-9-7-6-8-10-12/h6-11,13H,4-5H2,1-3H3/t11-,13+/m1/s1. The third-order valence-electron chi connectivity index (χ3n) is 2.86. The fourth-order valence-electron chi connectivity index (χ4n) is 1.76. The predicted molar refractivity (Wildman–Crippen MR) is 65.3 cm³/mol. The van der Waals surface area contributed by atoms with E-state index in [1.165, 1.54) is 5.56 Å². The van der Waals surface area contributed by atoms with Crippen LogP contribution in [0.4, 0.5) is 0 Å². The lowest BCUT2D eigenvalue weighted by atomic mass is 9.94. The van der Waals surface area contributed by atoms with Gasteiger partial charge in [-0.2, -0.15) is 0 Å². The first-order valence-electron chi connectivity index (χ1n) is 5.93. The van der Waals surface area contributed by atoms with Crippen molar-refractivity contribution in [3.8, 4) is 0 Å². The summed E-state index contributed by atoms with van der Waals surface area (Å²) in [5.74, 6) is 0.135. The summed E-state index contributed by atoms with van der Waals surface area (Å²) in [4.78, 5) is 11.3.